The van der Waals surface area contributed by atoms with Gasteiger partial charge in [-0.25, -0.2) is 4.98 Å². The maximum atomic E-state index is 9.33. The largest absolute Gasteiger partial charge is 0.292 e. The second-order valence-corrected chi connectivity index (χ2v) is 11.0. The fraction of sp³-hybridized carbons (Fsp3) is 0. The molecule has 8 aromatic carbocycles. The topological polar surface area (TPSA) is 17.8 Å². The van der Waals surface area contributed by atoms with Crippen LogP contribution >= 0.6 is 0 Å². The van der Waals surface area contributed by atoms with Crippen LogP contribution < -0.4 is 0 Å². The van der Waals surface area contributed by atoms with Crippen molar-refractivity contribution in [1.82, 2.24) is 9.55 Å². The Kier molecular flexibility index (Phi) is 4.05. The van der Waals surface area contributed by atoms with E-state index in [0.29, 0.717) is 27.8 Å². The number of para-hydroxylation sites is 2. The van der Waals surface area contributed by atoms with Crippen molar-refractivity contribution in [1.29, 1.82) is 0 Å². The average Bonchev–Trinajstić information content (AvgIpc) is 3.65. The third-order valence-corrected chi connectivity index (χ3v) is 8.33. The molecule has 0 aliphatic heterocycles. The molecule has 0 spiro atoms. The van der Waals surface area contributed by atoms with Gasteiger partial charge < -0.3 is 0 Å². The highest BCUT2D eigenvalue weighted by atomic mass is 15.1. The summed E-state index contributed by atoms with van der Waals surface area (Å²) in [5.74, 6) is 0.0992. The van der Waals surface area contributed by atoms with E-state index in [-0.39, 0.29) is 68.2 Å². The van der Waals surface area contributed by atoms with E-state index in [2.05, 4.69) is 0 Å². The summed E-state index contributed by atoms with van der Waals surface area (Å²) in [7, 11) is 0. The summed E-state index contributed by atoms with van der Waals surface area (Å²) in [6.45, 7) is 0. The van der Waals surface area contributed by atoms with E-state index in [4.69, 9.17) is 17.3 Å². The number of nitrogens with zero attached hydrogens (tertiary/aromatic N) is 2. The average molecular weight is 612 g/mol. The zero-order chi connectivity index (χ0) is 42.5. The number of hydrogen-bond donors (Lipinski definition) is 0. The number of hydrogen-bond acceptors (Lipinski definition) is 1. The van der Waals surface area contributed by atoms with E-state index in [1.54, 1.807) is 65.2 Å². The molecular formula is C45H30N2. The van der Waals surface area contributed by atoms with Crippen LogP contribution in [0.25, 0.3) is 83.0 Å². The molecule has 1 aromatic heterocycles. The molecule has 9 rings (SSSR count). The molecule has 0 amide bonds. The van der Waals surface area contributed by atoms with Crippen LogP contribution in [0.5, 0.6) is 0 Å². The van der Waals surface area contributed by atoms with Crippen LogP contribution in [0.2, 0.25) is 0 Å². The third-order valence-electron chi connectivity index (χ3n) is 8.33. The van der Waals surface area contributed by atoms with Crippen molar-refractivity contribution in [3.63, 3.8) is 0 Å². The van der Waals surface area contributed by atoms with Gasteiger partial charge in [0.1, 0.15) is 5.82 Å². The summed E-state index contributed by atoms with van der Waals surface area (Å²) >= 11 is 0. The lowest BCUT2D eigenvalue weighted by Gasteiger charge is -2.18. The molecule has 2 heteroatoms. The summed E-state index contributed by atoms with van der Waals surface area (Å²) in [5.41, 5.74) is 4.42. The van der Waals surface area contributed by atoms with Crippen LogP contribution in [0.4, 0.5) is 0 Å². The zero-order valence-corrected chi connectivity index (χ0v) is 24.7. The second-order valence-electron chi connectivity index (χ2n) is 11.0. The van der Waals surface area contributed by atoms with E-state index in [1.807, 2.05) is 42.5 Å². The fourth-order valence-corrected chi connectivity index (χ4v) is 6.28. The lowest BCUT2D eigenvalue weighted by Crippen LogP contribution is -1.98. The van der Waals surface area contributed by atoms with Crippen molar-refractivity contribution in [3.8, 4) is 50.5 Å². The van der Waals surface area contributed by atoms with Crippen LogP contribution in [-0.4, -0.2) is 9.55 Å². The molecule has 1 heterocycles. The molecule has 47 heavy (non-hydrogen) atoms. The molecule has 0 atom stereocenters. The van der Waals surface area contributed by atoms with Gasteiger partial charge in [-0.3, -0.25) is 4.57 Å². The summed E-state index contributed by atoms with van der Waals surface area (Å²) in [4.78, 5) is 4.72. The molecule has 0 saturated carbocycles. The minimum atomic E-state index is -0.536. The third kappa shape index (κ3) is 4.62. The molecule has 0 N–H and O–H groups in total. The molecule has 0 radical (unpaired) electrons. The van der Waals surface area contributed by atoms with E-state index < -0.39 is 54.4 Å². The van der Waals surface area contributed by atoms with Crippen LogP contribution in [-0.2, 0) is 0 Å². The van der Waals surface area contributed by atoms with Gasteiger partial charge in [0.05, 0.1) is 28.9 Å². The Morgan fingerprint density at radius 1 is 0.426 bits per heavy atom. The van der Waals surface area contributed by atoms with Crippen molar-refractivity contribution in [2.45, 2.75) is 0 Å². The number of fused-ring (bicyclic) bond motifs is 3. The van der Waals surface area contributed by atoms with Crippen molar-refractivity contribution in [2.24, 2.45) is 0 Å². The van der Waals surface area contributed by atoms with Gasteiger partial charge in [-0.1, -0.05) is 151 Å². The van der Waals surface area contributed by atoms with Gasteiger partial charge in [0, 0.05) is 11.3 Å². The van der Waals surface area contributed by atoms with Gasteiger partial charge in [0.25, 0.3) is 0 Å². The van der Waals surface area contributed by atoms with Crippen LogP contribution in [0, 0.1) is 0 Å². The first kappa shape index (κ1) is 16.9. The highest BCUT2D eigenvalue weighted by Crippen LogP contribution is 2.44. The number of rotatable bonds is 5. The van der Waals surface area contributed by atoms with Crippen LogP contribution in [0.15, 0.2) is 182 Å². The van der Waals surface area contributed by atoms with Gasteiger partial charge in [0.15, 0.2) is 0 Å². The van der Waals surface area contributed by atoms with E-state index in [0.717, 1.165) is 11.1 Å². The Hall–Kier alpha value is -6.25. The van der Waals surface area contributed by atoms with Gasteiger partial charge in [-0.2, -0.15) is 0 Å². The first-order chi connectivity index (χ1) is 28.7. The van der Waals surface area contributed by atoms with Crippen LogP contribution in [0.1, 0.15) is 17.8 Å². The van der Waals surface area contributed by atoms with Crippen molar-refractivity contribution >= 4 is 32.6 Å². The Morgan fingerprint density at radius 2 is 0.979 bits per heavy atom. The Balaban J connectivity index is 1.38. The van der Waals surface area contributed by atoms with Crippen molar-refractivity contribution in [2.75, 3.05) is 0 Å². The lowest BCUT2D eigenvalue weighted by atomic mass is 9.85. The van der Waals surface area contributed by atoms with Crippen molar-refractivity contribution < 1.29 is 17.8 Å². The molecule has 9 aromatic rings. The molecule has 0 unspecified atom stereocenters. The van der Waals surface area contributed by atoms with E-state index in [1.165, 1.54) is 0 Å². The molecule has 0 bridgehead atoms. The summed E-state index contributed by atoms with van der Waals surface area (Å²) < 4.78 is 116. The minimum absolute atomic E-state index is 0.0688. The first-order valence-electron chi connectivity index (χ1n) is 21.5. The summed E-state index contributed by atoms with van der Waals surface area (Å²) in [5, 5.41) is 0.317. The second kappa shape index (κ2) is 11.3. The maximum Gasteiger partial charge on any atom is 0.145 e. The molecule has 0 aliphatic carbocycles. The molecule has 0 aliphatic rings. The molecule has 2 nitrogen and oxygen atoms in total. The monoisotopic (exact) mass is 611 g/mol. The minimum Gasteiger partial charge on any atom is -0.292 e. The molecule has 220 valence electrons. The summed E-state index contributed by atoms with van der Waals surface area (Å²) in [6.07, 6.45) is 0. The number of imidazole rings is 1. The SMILES string of the molecule is [2H]c1c([2H])c([2H])c(-c2nc3ccccc3n2-c2ccc(-c3c4c([2H])c([2H])c([2H])c([2H])c4c(-c4cccc(-c5ccccc5)c4)c4c([2H])c([2H])c([2H])c([2H])c34)cc2)c([2H])c1[2H]. The lowest BCUT2D eigenvalue weighted by molar-refractivity contribution is 1.10. The van der Waals surface area contributed by atoms with Gasteiger partial charge >= 0.3 is 0 Å². The van der Waals surface area contributed by atoms with Gasteiger partial charge in [-0.05, 0) is 85.3 Å². The number of benzene rings is 8. The molecule has 0 saturated heterocycles. The predicted molar refractivity (Wildman–Crippen MR) is 198 cm³/mol. The van der Waals surface area contributed by atoms with Crippen molar-refractivity contribution in [3.05, 3.63) is 182 Å². The first-order valence-corrected chi connectivity index (χ1v) is 15.0. The molecule has 0 fully saturated rings. The Bertz CT molecular complexity index is 3180. The van der Waals surface area contributed by atoms with E-state index >= 15 is 0 Å². The van der Waals surface area contributed by atoms with Gasteiger partial charge in [-0.15, -0.1) is 0 Å². The maximum absolute atomic E-state index is 9.33. The Labute approximate surface area is 292 Å². The highest BCUT2D eigenvalue weighted by Gasteiger charge is 2.18. The number of aromatic nitrogens is 2. The van der Waals surface area contributed by atoms with Crippen LogP contribution in [0.3, 0.4) is 0 Å². The molecular weight excluding hydrogens is 569 g/mol. The quantitative estimate of drug-likeness (QED) is 0.177. The normalized spacial score (nSPS) is 15.3. The standard InChI is InChI=1S/C45H30N2/c1-3-14-31(15-4-1)34-18-13-19-35(30-34)44-39-22-9-7-20-37(39)43(38-21-8-10-23-40(38)44)32-26-28-36(29-27-32)47-42-25-12-11-24-41(42)46-45(47)33-16-5-2-6-17-33/h1-30H/i2D,5D,6D,7D,8D,9D,10D,16D,17D,20D,21D,22D,23D. The summed E-state index contributed by atoms with van der Waals surface area (Å²) in [6, 6.07) is 24.7. The zero-order valence-electron chi connectivity index (χ0n) is 37.7. The smallest absolute Gasteiger partial charge is 0.145 e. The highest BCUT2D eigenvalue weighted by molar-refractivity contribution is 6.21. The van der Waals surface area contributed by atoms with Gasteiger partial charge in [0.2, 0.25) is 0 Å². The van der Waals surface area contributed by atoms with E-state index in [9.17, 15) is 5.48 Å². The Morgan fingerprint density at radius 3 is 1.66 bits per heavy atom. The predicted octanol–water partition coefficient (Wildman–Crippen LogP) is 12.0. The fourth-order valence-electron chi connectivity index (χ4n) is 6.28.